The minimum absolute atomic E-state index is 0.00937. The average molecular weight is 418 g/mol. The Kier molecular flexibility index (Phi) is 4.67. The molecule has 2 aromatic heterocycles. The summed E-state index contributed by atoms with van der Waals surface area (Å²) in [5.41, 5.74) is 3.10. The number of hydrogen-bond donors (Lipinski definition) is 4. The molecular formula is C22H22N6O3. The standard InChI is InChI=1S/C22H22N6O3/c1-12(29)13-3-2-4-17(8-13)24-18-10-19(25-16-5-6-16)28-21(26-18)15(11-23-28)7-14-9-20(30)27-22(14)31/h2-4,7-8,10-11,16,20,25,30H,5-6,9H2,1H3,(H,24,26)(H,27,31). The molecule has 1 unspecified atom stereocenters. The topological polar surface area (TPSA) is 121 Å². The van der Waals surface area contributed by atoms with E-state index in [2.05, 4.69) is 21.0 Å². The molecule has 3 aromatic rings. The van der Waals surface area contributed by atoms with E-state index in [4.69, 9.17) is 4.98 Å². The van der Waals surface area contributed by atoms with Crippen molar-refractivity contribution in [3.63, 3.8) is 0 Å². The second-order valence-electron chi connectivity index (χ2n) is 7.91. The smallest absolute Gasteiger partial charge is 0.249 e. The van der Waals surface area contributed by atoms with E-state index in [1.807, 2.05) is 18.2 Å². The first kappa shape index (κ1) is 19.3. The van der Waals surface area contributed by atoms with Crippen LogP contribution in [0.5, 0.6) is 0 Å². The van der Waals surface area contributed by atoms with E-state index in [0.717, 1.165) is 24.3 Å². The Morgan fingerprint density at radius 1 is 1.32 bits per heavy atom. The van der Waals surface area contributed by atoms with Gasteiger partial charge < -0.3 is 21.1 Å². The van der Waals surface area contributed by atoms with Crippen LogP contribution >= 0.6 is 0 Å². The van der Waals surface area contributed by atoms with Crippen molar-refractivity contribution < 1.29 is 14.7 Å². The van der Waals surface area contributed by atoms with Crippen molar-refractivity contribution in [3.05, 3.63) is 53.2 Å². The molecule has 1 aliphatic heterocycles. The van der Waals surface area contributed by atoms with Crippen LogP contribution in [0.15, 0.2) is 42.1 Å². The highest BCUT2D eigenvalue weighted by Gasteiger charge is 2.26. The van der Waals surface area contributed by atoms with Crippen molar-refractivity contribution in [3.8, 4) is 0 Å². The van der Waals surface area contributed by atoms with E-state index in [9.17, 15) is 14.7 Å². The molecule has 1 aliphatic carbocycles. The number of benzene rings is 1. The minimum Gasteiger partial charge on any atom is -0.373 e. The number of rotatable bonds is 6. The van der Waals surface area contributed by atoms with Gasteiger partial charge in [0.25, 0.3) is 0 Å². The van der Waals surface area contributed by atoms with Crippen LogP contribution in [0.2, 0.25) is 0 Å². The number of Topliss-reactive ketones (excluding diaryl/α,β-unsaturated/α-hetero) is 1. The van der Waals surface area contributed by atoms with Crippen LogP contribution in [0, 0.1) is 0 Å². The normalized spacial score (nSPS) is 19.6. The Balaban J connectivity index is 1.55. The highest BCUT2D eigenvalue weighted by molar-refractivity contribution is 6.00. The predicted octanol–water partition coefficient (Wildman–Crippen LogP) is 2.47. The monoisotopic (exact) mass is 418 g/mol. The SMILES string of the molecule is CC(=O)c1cccc(Nc2cc(NC3CC3)n3ncc(C=C4CC(O)NC4=O)c3n2)c1. The van der Waals surface area contributed by atoms with Crippen molar-refractivity contribution in [2.75, 3.05) is 10.6 Å². The first-order valence-corrected chi connectivity index (χ1v) is 10.2. The van der Waals surface area contributed by atoms with E-state index in [1.54, 1.807) is 28.9 Å². The van der Waals surface area contributed by atoms with Gasteiger partial charge in [-0.25, -0.2) is 4.98 Å². The number of carbonyl (C=O) groups is 2. The van der Waals surface area contributed by atoms with Gasteiger partial charge in [-0.2, -0.15) is 9.61 Å². The second-order valence-corrected chi connectivity index (χ2v) is 7.91. The molecule has 3 heterocycles. The van der Waals surface area contributed by atoms with Crippen molar-refractivity contribution in [1.29, 1.82) is 0 Å². The van der Waals surface area contributed by atoms with Gasteiger partial charge in [0.2, 0.25) is 5.91 Å². The predicted molar refractivity (Wildman–Crippen MR) is 116 cm³/mol. The van der Waals surface area contributed by atoms with E-state index in [0.29, 0.717) is 34.2 Å². The molecule has 5 rings (SSSR count). The molecule has 2 fully saturated rings. The number of anilines is 3. The number of nitrogens with zero attached hydrogens (tertiary/aromatic N) is 3. The molecular weight excluding hydrogens is 396 g/mol. The van der Waals surface area contributed by atoms with E-state index >= 15 is 0 Å². The maximum atomic E-state index is 12.0. The molecule has 1 atom stereocenters. The number of nitrogens with one attached hydrogen (secondary N) is 3. The summed E-state index contributed by atoms with van der Waals surface area (Å²) in [5, 5.41) is 23.3. The lowest BCUT2D eigenvalue weighted by atomic mass is 10.1. The fourth-order valence-electron chi connectivity index (χ4n) is 3.56. The Morgan fingerprint density at radius 3 is 2.87 bits per heavy atom. The Bertz CT molecular complexity index is 1230. The fourth-order valence-corrected chi connectivity index (χ4v) is 3.56. The van der Waals surface area contributed by atoms with Gasteiger partial charge >= 0.3 is 0 Å². The summed E-state index contributed by atoms with van der Waals surface area (Å²) in [6.07, 6.45) is 4.94. The van der Waals surface area contributed by atoms with Gasteiger partial charge in [0.15, 0.2) is 11.4 Å². The first-order valence-electron chi connectivity index (χ1n) is 10.2. The number of aromatic nitrogens is 3. The highest BCUT2D eigenvalue weighted by Crippen LogP contribution is 2.29. The summed E-state index contributed by atoms with van der Waals surface area (Å²) in [5.74, 6) is 1.08. The Labute approximate surface area is 178 Å². The third-order valence-corrected chi connectivity index (χ3v) is 5.30. The average Bonchev–Trinajstić information content (AvgIpc) is 3.37. The molecule has 158 valence electrons. The molecule has 1 aromatic carbocycles. The van der Waals surface area contributed by atoms with Crippen LogP contribution in [-0.4, -0.2) is 43.7 Å². The van der Waals surface area contributed by atoms with Gasteiger partial charge in [-0.1, -0.05) is 12.1 Å². The number of aliphatic hydroxyl groups is 1. The molecule has 0 radical (unpaired) electrons. The highest BCUT2D eigenvalue weighted by atomic mass is 16.3. The molecule has 1 saturated heterocycles. The minimum atomic E-state index is -0.869. The second kappa shape index (κ2) is 7.51. The van der Waals surface area contributed by atoms with Gasteiger partial charge in [0.05, 0.1) is 6.20 Å². The van der Waals surface area contributed by atoms with Gasteiger partial charge in [0, 0.05) is 40.9 Å². The van der Waals surface area contributed by atoms with Crippen LogP contribution in [0.4, 0.5) is 17.3 Å². The summed E-state index contributed by atoms with van der Waals surface area (Å²) in [6.45, 7) is 1.53. The molecule has 9 heteroatoms. The molecule has 0 bridgehead atoms. The maximum Gasteiger partial charge on any atom is 0.249 e. The quantitative estimate of drug-likeness (QED) is 0.358. The van der Waals surface area contributed by atoms with Crippen LogP contribution in [0.1, 0.15) is 42.1 Å². The van der Waals surface area contributed by atoms with E-state index in [1.165, 1.54) is 6.92 Å². The number of amides is 1. The molecule has 4 N–H and O–H groups in total. The molecule has 1 amide bonds. The molecule has 1 saturated carbocycles. The third kappa shape index (κ3) is 3.99. The van der Waals surface area contributed by atoms with Crippen molar-refractivity contribution in [1.82, 2.24) is 19.9 Å². The van der Waals surface area contributed by atoms with E-state index in [-0.39, 0.29) is 18.1 Å². The lowest BCUT2D eigenvalue weighted by Crippen LogP contribution is -2.24. The van der Waals surface area contributed by atoms with Crippen LogP contribution in [0.25, 0.3) is 11.7 Å². The summed E-state index contributed by atoms with van der Waals surface area (Å²) in [7, 11) is 0. The summed E-state index contributed by atoms with van der Waals surface area (Å²) in [6, 6.07) is 9.52. The summed E-state index contributed by atoms with van der Waals surface area (Å²) >= 11 is 0. The van der Waals surface area contributed by atoms with Gasteiger partial charge in [-0.05, 0) is 38.0 Å². The molecule has 0 spiro atoms. The number of hydrogen-bond acceptors (Lipinski definition) is 7. The molecule has 2 aliphatic rings. The summed E-state index contributed by atoms with van der Waals surface area (Å²) < 4.78 is 1.71. The number of aliphatic hydroxyl groups excluding tert-OH is 1. The zero-order valence-corrected chi connectivity index (χ0v) is 16.9. The van der Waals surface area contributed by atoms with Crippen LogP contribution in [0.3, 0.4) is 0 Å². The Morgan fingerprint density at radius 2 is 2.16 bits per heavy atom. The van der Waals surface area contributed by atoms with Gasteiger partial charge in [-0.3, -0.25) is 9.59 Å². The maximum absolute atomic E-state index is 12.0. The van der Waals surface area contributed by atoms with Crippen molar-refractivity contribution >= 4 is 40.7 Å². The van der Waals surface area contributed by atoms with Crippen LogP contribution in [-0.2, 0) is 4.79 Å². The zero-order valence-electron chi connectivity index (χ0n) is 16.9. The Hall–Kier alpha value is -3.72. The largest absolute Gasteiger partial charge is 0.373 e. The lowest BCUT2D eigenvalue weighted by Gasteiger charge is -2.12. The molecule has 9 nitrogen and oxygen atoms in total. The number of fused-ring (bicyclic) bond motifs is 1. The van der Waals surface area contributed by atoms with Crippen LogP contribution < -0.4 is 16.0 Å². The number of carbonyl (C=O) groups excluding carboxylic acids is 2. The first-order chi connectivity index (χ1) is 15.0. The van der Waals surface area contributed by atoms with Crippen molar-refractivity contribution in [2.45, 2.75) is 38.5 Å². The summed E-state index contributed by atoms with van der Waals surface area (Å²) in [4.78, 5) is 28.4. The fraction of sp³-hybridized carbons (Fsp3) is 0.273. The lowest BCUT2D eigenvalue weighted by molar-refractivity contribution is -0.117. The zero-order chi connectivity index (χ0) is 21.5. The third-order valence-electron chi connectivity index (χ3n) is 5.30. The molecule has 31 heavy (non-hydrogen) atoms. The van der Waals surface area contributed by atoms with E-state index < -0.39 is 6.23 Å². The van der Waals surface area contributed by atoms with Gasteiger partial charge in [-0.15, -0.1) is 0 Å². The van der Waals surface area contributed by atoms with Gasteiger partial charge in [0.1, 0.15) is 17.9 Å². The van der Waals surface area contributed by atoms with Crippen molar-refractivity contribution in [2.24, 2.45) is 0 Å². The number of ketones is 1.